The van der Waals surface area contributed by atoms with Crippen molar-refractivity contribution in [3.63, 3.8) is 0 Å². The van der Waals surface area contributed by atoms with Crippen molar-refractivity contribution in [2.24, 2.45) is 0 Å². The van der Waals surface area contributed by atoms with Crippen LogP contribution in [0.4, 0.5) is 0 Å². The van der Waals surface area contributed by atoms with Crippen molar-refractivity contribution < 1.29 is 0 Å². The van der Waals surface area contributed by atoms with Gasteiger partial charge >= 0.3 is 0 Å². The first-order valence-corrected chi connectivity index (χ1v) is 9.19. The fourth-order valence-electron chi connectivity index (χ4n) is 3.22. The van der Waals surface area contributed by atoms with Gasteiger partial charge in [-0.3, -0.25) is 0 Å². The van der Waals surface area contributed by atoms with Gasteiger partial charge in [-0.05, 0) is 47.9 Å². The van der Waals surface area contributed by atoms with Gasteiger partial charge in [0.2, 0.25) is 0 Å². The van der Waals surface area contributed by atoms with E-state index in [1.807, 2.05) is 0 Å². The van der Waals surface area contributed by atoms with Gasteiger partial charge in [-0.2, -0.15) is 8.75 Å². The van der Waals surface area contributed by atoms with Crippen molar-refractivity contribution in [3.8, 4) is 0 Å². The van der Waals surface area contributed by atoms with E-state index in [0.717, 1.165) is 23.0 Å². The summed E-state index contributed by atoms with van der Waals surface area (Å²) in [6, 6.07) is 9.13. The second-order valence-corrected chi connectivity index (χ2v) is 7.50. The molecule has 0 spiro atoms. The van der Waals surface area contributed by atoms with Gasteiger partial charge in [-0.15, -0.1) is 0 Å². The van der Waals surface area contributed by atoms with Crippen LogP contribution in [0.1, 0.15) is 45.4 Å². The number of hydrogen-bond donors (Lipinski definition) is 1. The van der Waals surface area contributed by atoms with Crippen LogP contribution in [0.2, 0.25) is 0 Å². The molecule has 0 aliphatic carbocycles. The predicted octanol–water partition coefficient (Wildman–Crippen LogP) is 3.30. The summed E-state index contributed by atoms with van der Waals surface area (Å²) in [5.41, 5.74) is 2.66. The Bertz CT molecular complexity index is 739. The van der Waals surface area contributed by atoms with Gasteiger partial charge in [0.1, 0.15) is 22.7 Å². The van der Waals surface area contributed by atoms with Gasteiger partial charge in [0.25, 0.3) is 0 Å². The summed E-state index contributed by atoms with van der Waals surface area (Å²) < 4.78 is 8.34. The maximum Gasteiger partial charge on any atom is 0.130 e. The Hall–Kier alpha value is -1.70. The van der Waals surface area contributed by atoms with E-state index in [2.05, 4.69) is 55.2 Å². The van der Waals surface area contributed by atoms with Crippen LogP contribution in [0.15, 0.2) is 36.9 Å². The molecule has 4 rings (SSSR count). The molecule has 1 aromatic carbocycles. The van der Waals surface area contributed by atoms with Gasteiger partial charge in [0.15, 0.2) is 0 Å². The normalized spacial score (nSPS) is 24.7. The number of benzene rings is 1. The third kappa shape index (κ3) is 3.04. The minimum absolute atomic E-state index is 0.262. The molecule has 1 aliphatic heterocycles. The van der Waals surface area contributed by atoms with Crippen molar-refractivity contribution in [1.29, 1.82) is 0 Å². The van der Waals surface area contributed by atoms with Crippen LogP contribution in [0.25, 0.3) is 0 Å². The molecule has 2 aromatic heterocycles. The summed E-state index contributed by atoms with van der Waals surface area (Å²) in [6.07, 6.45) is 4.30. The van der Waals surface area contributed by atoms with E-state index in [1.54, 1.807) is 12.7 Å². The number of nitrogens with one attached hydrogen (secondary N) is 1. The molecule has 23 heavy (non-hydrogen) atoms. The number of aryl methyl sites for hydroxylation is 1. The third-order valence-corrected chi connectivity index (χ3v) is 6.01. The van der Waals surface area contributed by atoms with Crippen molar-refractivity contribution in [2.75, 3.05) is 6.54 Å². The van der Waals surface area contributed by atoms with Crippen molar-refractivity contribution in [1.82, 2.24) is 24.0 Å². The second-order valence-electron chi connectivity index (χ2n) is 5.88. The van der Waals surface area contributed by atoms with Crippen LogP contribution >= 0.6 is 23.1 Å². The molecular weight excluding hydrogens is 326 g/mol. The van der Waals surface area contributed by atoms with E-state index in [0.29, 0.717) is 11.8 Å². The smallest absolute Gasteiger partial charge is 0.130 e. The Morgan fingerprint density at radius 1 is 0.957 bits per heavy atom. The zero-order valence-corrected chi connectivity index (χ0v) is 14.3. The first-order chi connectivity index (χ1) is 11.3. The minimum Gasteiger partial charge on any atom is -0.307 e. The topological polar surface area (TPSA) is 63.6 Å². The van der Waals surface area contributed by atoms with Crippen molar-refractivity contribution in [2.45, 2.75) is 31.2 Å². The van der Waals surface area contributed by atoms with Crippen LogP contribution in [-0.4, -0.2) is 25.3 Å². The molecule has 0 bridgehead atoms. The number of piperidine rings is 1. The van der Waals surface area contributed by atoms with Crippen LogP contribution < -0.4 is 5.32 Å². The molecule has 1 saturated heterocycles. The summed E-state index contributed by atoms with van der Waals surface area (Å²) in [5, 5.41) is 5.80. The molecular formula is C16H17N5S2. The highest BCUT2D eigenvalue weighted by Gasteiger charge is 2.35. The fraction of sp³-hybridized carbons (Fsp3) is 0.375. The maximum absolute atomic E-state index is 4.46. The molecule has 1 aliphatic rings. The standard InChI is InChI=1S/C16H17N5S2/c1-10-2-4-11(5-3-10)12-6-14(16-19-9-21-23-16)17-7-13(12)15-18-8-20-22-15/h2-5,8-9,12-14,17H,6-7H2,1H3. The number of nitrogens with zero attached hydrogens (tertiary/aromatic N) is 4. The molecule has 7 heteroatoms. The lowest BCUT2D eigenvalue weighted by Gasteiger charge is -2.35. The summed E-state index contributed by atoms with van der Waals surface area (Å²) in [4.78, 5) is 8.85. The molecule has 1 fully saturated rings. The van der Waals surface area contributed by atoms with Crippen LogP contribution in [0.3, 0.4) is 0 Å². The highest BCUT2D eigenvalue weighted by atomic mass is 32.1. The number of aromatic nitrogens is 4. The SMILES string of the molecule is Cc1ccc(C2CC(c3ncns3)NCC2c2ncns2)cc1. The van der Waals surface area contributed by atoms with Gasteiger partial charge in [-0.1, -0.05) is 29.8 Å². The zero-order valence-electron chi connectivity index (χ0n) is 12.7. The molecule has 3 heterocycles. The Morgan fingerprint density at radius 3 is 2.30 bits per heavy atom. The van der Waals surface area contributed by atoms with Crippen LogP contribution in [-0.2, 0) is 0 Å². The van der Waals surface area contributed by atoms with E-state index < -0.39 is 0 Å². The Kier molecular flexibility index (Phi) is 4.15. The van der Waals surface area contributed by atoms with Crippen LogP contribution in [0.5, 0.6) is 0 Å². The Balaban J connectivity index is 1.66. The summed E-state index contributed by atoms with van der Waals surface area (Å²) in [5.74, 6) is 0.771. The van der Waals surface area contributed by atoms with E-state index >= 15 is 0 Å². The zero-order chi connectivity index (χ0) is 15.6. The molecule has 1 N–H and O–H groups in total. The van der Waals surface area contributed by atoms with Gasteiger partial charge < -0.3 is 5.32 Å². The average Bonchev–Trinajstić information content (AvgIpc) is 3.29. The third-order valence-electron chi connectivity index (χ3n) is 4.44. The number of hydrogen-bond acceptors (Lipinski definition) is 7. The average molecular weight is 343 g/mol. The van der Waals surface area contributed by atoms with Gasteiger partial charge in [0, 0.05) is 12.5 Å². The van der Waals surface area contributed by atoms with Gasteiger partial charge in [-0.25, -0.2) is 9.97 Å². The van der Waals surface area contributed by atoms with E-state index in [4.69, 9.17) is 0 Å². The molecule has 118 valence electrons. The summed E-state index contributed by atoms with van der Waals surface area (Å²) in [7, 11) is 0. The Morgan fingerprint density at radius 2 is 1.65 bits per heavy atom. The predicted molar refractivity (Wildman–Crippen MR) is 91.8 cm³/mol. The quantitative estimate of drug-likeness (QED) is 0.790. The van der Waals surface area contributed by atoms with Crippen LogP contribution in [0, 0.1) is 6.92 Å². The minimum atomic E-state index is 0.262. The van der Waals surface area contributed by atoms with E-state index in [1.165, 1.54) is 34.2 Å². The molecule has 3 unspecified atom stereocenters. The molecule has 5 nitrogen and oxygen atoms in total. The molecule has 3 atom stereocenters. The second kappa shape index (κ2) is 6.43. The van der Waals surface area contributed by atoms with Crippen molar-refractivity contribution >= 4 is 23.1 Å². The maximum atomic E-state index is 4.46. The van der Waals surface area contributed by atoms with Crippen molar-refractivity contribution in [3.05, 3.63) is 58.1 Å². The summed E-state index contributed by atoms with van der Waals surface area (Å²) in [6.45, 7) is 3.01. The summed E-state index contributed by atoms with van der Waals surface area (Å²) >= 11 is 2.98. The largest absolute Gasteiger partial charge is 0.307 e. The molecule has 0 radical (unpaired) electrons. The highest BCUT2D eigenvalue weighted by Crippen LogP contribution is 2.43. The lowest BCUT2D eigenvalue weighted by Crippen LogP contribution is -2.36. The van der Waals surface area contributed by atoms with Gasteiger partial charge in [0.05, 0.1) is 6.04 Å². The molecule has 3 aromatic rings. The first-order valence-electron chi connectivity index (χ1n) is 7.64. The number of rotatable bonds is 3. The molecule has 0 amide bonds. The van der Waals surface area contributed by atoms with E-state index in [9.17, 15) is 0 Å². The van der Waals surface area contributed by atoms with E-state index in [-0.39, 0.29) is 6.04 Å². The molecule has 0 saturated carbocycles. The Labute approximate surface area is 143 Å². The lowest BCUT2D eigenvalue weighted by atomic mass is 9.78. The fourth-order valence-corrected chi connectivity index (χ4v) is 4.51. The monoisotopic (exact) mass is 343 g/mol. The first kappa shape index (κ1) is 14.9. The lowest BCUT2D eigenvalue weighted by molar-refractivity contribution is 0.329. The highest BCUT2D eigenvalue weighted by molar-refractivity contribution is 7.05.